The minimum Gasteiger partial charge on any atom is -0.306 e. The van der Waals surface area contributed by atoms with Crippen LogP contribution in [0.1, 0.15) is 33.8 Å². The molecule has 0 saturated heterocycles. The van der Waals surface area contributed by atoms with Crippen LogP contribution >= 0.6 is 27.3 Å². The molecule has 0 bridgehead atoms. The molecule has 2 rings (SSSR count). The molecule has 1 unspecified atom stereocenters. The fourth-order valence-corrected chi connectivity index (χ4v) is 3.38. The number of benzene rings is 1. The van der Waals surface area contributed by atoms with Gasteiger partial charge in [-0.1, -0.05) is 6.07 Å². The number of nitrogens with one attached hydrogen (secondary N) is 1. The van der Waals surface area contributed by atoms with Gasteiger partial charge in [0.05, 0.1) is 4.47 Å². The third-order valence-corrected chi connectivity index (χ3v) is 4.77. The van der Waals surface area contributed by atoms with E-state index in [2.05, 4.69) is 48.1 Å². The van der Waals surface area contributed by atoms with Gasteiger partial charge in [-0.15, -0.1) is 11.3 Å². The molecule has 0 aliphatic rings. The molecule has 19 heavy (non-hydrogen) atoms. The van der Waals surface area contributed by atoms with E-state index in [0.717, 1.165) is 5.56 Å². The van der Waals surface area contributed by atoms with Gasteiger partial charge in [-0.05, 0) is 66.0 Å². The second kappa shape index (κ2) is 6.16. The van der Waals surface area contributed by atoms with Crippen molar-refractivity contribution >= 4 is 27.3 Å². The van der Waals surface area contributed by atoms with Crippen LogP contribution in [0, 0.1) is 19.7 Å². The number of thiophene rings is 1. The first kappa shape index (κ1) is 14.7. The second-order valence-electron chi connectivity index (χ2n) is 4.72. The van der Waals surface area contributed by atoms with Gasteiger partial charge in [0.15, 0.2) is 0 Å². The van der Waals surface area contributed by atoms with Gasteiger partial charge >= 0.3 is 0 Å². The van der Waals surface area contributed by atoms with E-state index >= 15 is 0 Å². The number of rotatable bonds is 4. The lowest BCUT2D eigenvalue weighted by atomic mass is 10.1. The summed E-state index contributed by atoms with van der Waals surface area (Å²) in [4.78, 5) is 2.68. The van der Waals surface area contributed by atoms with Crippen molar-refractivity contribution in [3.05, 3.63) is 55.4 Å². The molecule has 1 atom stereocenters. The van der Waals surface area contributed by atoms with Gasteiger partial charge in [0.2, 0.25) is 0 Å². The number of aryl methyl sites for hydroxylation is 2. The van der Waals surface area contributed by atoms with E-state index in [0.29, 0.717) is 11.0 Å². The van der Waals surface area contributed by atoms with Crippen LogP contribution in [-0.2, 0) is 6.54 Å². The van der Waals surface area contributed by atoms with Crippen molar-refractivity contribution in [3.8, 4) is 0 Å². The number of halogens is 2. The van der Waals surface area contributed by atoms with E-state index < -0.39 is 0 Å². The molecule has 1 aromatic carbocycles. The fraction of sp³-hybridized carbons (Fsp3) is 0.333. The van der Waals surface area contributed by atoms with Crippen LogP contribution in [0.4, 0.5) is 4.39 Å². The quantitative estimate of drug-likeness (QED) is 0.813. The molecule has 102 valence electrons. The summed E-state index contributed by atoms with van der Waals surface area (Å²) >= 11 is 4.98. The van der Waals surface area contributed by atoms with Crippen LogP contribution in [0.2, 0.25) is 0 Å². The van der Waals surface area contributed by atoms with E-state index in [1.165, 1.54) is 15.3 Å². The first-order chi connectivity index (χ1) is 8.97. The summed E-state index contributed by atoms with van der Waals surface area (Å²) in [5, 5.41) is 3.44. The lowest BCUT2D eigenvalue weighted by Gasteiger charge is -2.14. The molecule has 2 aromatic rings. The van der Waals surface area contributed by atoms with Crippen molar-refractivity contribution in [3.63, 3.8) is 0 Å². The first-order valence-electron chi connectivity index (χ1n) is 6.21. The van der Waals surface area contributed by atoms with Gasteiger partial charge in [-0.2, -0.15) is 0 Å². The fourth-order valence-electron chi connectivity index (χ4n) is 2.11. The molecule has 0 radical (unpaired) electrons. The maximum absolute atomic E-state index is 13.4. The van der Waals surface area contributed by atoms with Gasteiger partial charge in [0.1, 0.15) is 5.82 Å². The Labute approximate surface area is 126 Å². The van der Waals surface area contributed by atoms with E-state index in [1.807, 2.05) is 17.4 Å². The van der Waals surface area contributed by atoms with Crippen LogP contribution in [-0.4, -0.2) is 0 Å². The third-order valence-electron chi connectivity index (χ3n) is 3.14. The Morgan fingerprint density at radius 2 is 2.05 bits per heavy atom. The Bertz CT molecular complexity index is 580. The van der Waals surface area contributed by atoms with E-state index in [1.54, 1.807) is 12.1 Å². The maximum atomic E-state index is 13.4. The van der Waals surface area contributed by atoms with Crippen molar-refractivity contribution in [2.24, 2.45) is 0 Å². The Balaban J connectivity index is 2.02. The summed E-state index contributed by atoms with van der Waals surface area (Å²) in [6.45, 7) is 7.08. The van der Waals surface area contributed by atoms with Crippen molar-refractivity contribution in [2.75, 3.05) is 0 Å². The molecule has 0 aliphatic carbocycles. The number of hydrogen-bond acceptors (Lipinski definition) is 2. The molecule has 0 fully saturated rings. The summed E-state index contributed by atoms with van der Waals surface area (Å²) in [5.41, 5.74) is 2.29. The molecule has 0 amide bonds. The Hall–Kier alpha value is -0.710. The van der Waals surface area contributed by atoms with E-state index in [4.69, 9.17) is 0 Å². The Kier molecular flexibility index (Phi) is 4.76. The zero-order valence-corrected chi connectivity index (χ0v) is 13.7. The van der Waals surface area contributed by atoms with Gasteiger partial charge < -0.3 is 5.32 Å². The average molecular weight is 342 g/mol. The Morgan fingerprint density at radius 1 is 1.32 bits per heavy atom. The molecule has 0 saturated carbocycles. The van der Waals surface area contributed by atoms with Crippen molar-refractivity contribution in [2.45, 2.75) is 33.4 Å². The lowest BCUT2D eigenvalue weighted by molar-refractivity contribution is 0.568. The van der Waals surface area contributed by atoms with Gasteiger partial charge in [-0.3, -0.25) is 0 Å². The lowest BCUT2D eigenvalue weighted by Crippen LogP contribution is -2.18. The van der Waals surface area contributed by atoms with Gasteiger partial charge in [-0.25, -0.2) is 4.39 Å². The predicted octanol–water partition coefficient (Wildman–Crippen LogP) is 5.12. The first-order valence-corrected chi connectivity index (χ1v) is 7.82. The highest BCUT2D eigenvalue weighted by Gasteiger charge is 2.11. The molecule has 1 aromatic heterocycles. The zero-order chi connectivity index (χ0) is 14.0. The third kappa shape index (κ3) is 3.65. The minimum absolute atomic E-state index is 0.213. The molecule has 0 aliphatic heterocycles. The predicted molar refractivity (Wildman–Crippen MR) is 83.1 cm³/mol. The van der Waals surface area contributed by atoms with Crippen LogP contribution in [0.3, 0.4) is 0 Å². The van der Waals surface area contributed by atoms with Crippen molar-refractivity contribution in [1.29, 1.82) is 0 Å². The summed E-state index contributed by atoms with van der Waals surface area (Å²) < 4.78 is 13.9. The zero-order valence-electron chi connectivity index (χ0n) is 11.3. The maximum Gasteiger partial charge on any atom is 0.137 e. The standard InChI is InChI=1S/C15H17BrFNS/c1-9-6-13(11(3)19-9)10(2)18-8-12-4-5-14(16)15(17)7-12/h4-7,10,18H,8H2,1-3H3. The minimum atomic E-state index is -0.213. The largest absolute Gasteiger partial charge is 0.306 e. The second-order valence-corrected chi connectivity index (χ2v) is 7.03. The molecule has 4 heteroatoms. The van der Waals surface area contributed by atoms with Crippen LogP contribution in [0.25, 0.3) is 0 Å². The highest BCUT2D eigenvalue weighted by atomic mass is 79.9. The molecular weight excluding hydrogens is 325 g/mol. The van der Waals surface area contributed by atoms with Crippen molar-refractivity contribution < 1.29 is 4.39 Å². The molecular formula is C15H17BrFNS. The summed E-state index contributed by atoms with van der Waals surface area (Å²) in [6, 6.07) is 7.74. The van der Waals surface area contributed by atoms with Gasteiger partial charge in [0, 0.05) is 22.3 Å². The van der Waals surface area contributed by atoms with Gasteiger partial charge in [0.25, 0.3) is 0 Å². The van der Waals surface area contributed by atoms with Crippen LogP contribution < -0.4 is 5.32 Å². The normalized spacial score (nSPS) is 12.7. The monoisotopic (exact) mass is 341 g/mol. The SMILES string of the molecule is Cc1cc(C(C)NCc2ccc(Br)c(F)c2)c(C)s1. The summed E-state index contributed by atoms with van der Waals surface area (Å²) in [7, 11) is 0. The Morgan fingerprint density at radius 3 is 2.63 bits per heavy atom. The molecule has 1 heterocycles. The van der Waals surface area contributed by atoms with Crippen LogP contribution in [0.5, 0.6) is 0 Å². The van der Waals surface area contributed by atoms with E-state index in [9.17, 15) is 4.39 Å². The average Bonchev–Trinajstić information content (AvgIpc) is 2.70. The molecule has 1 nitrogen and oxygen atoms in total. The van der Waals surface area contributed by atoms with Crippen LogP contribution in [0.15, 0.2) is 28.7 Å². The summed E-state index contributed by atoms with van der Waals surface area (Å²) in [5.74, 6) is -0.213. The van der Waals surface area contributed by atoms with E-state index in [-0.39, 0.29) is 11.9 Å². The smallest absolute Gasteiger partial charge is 0.137 e. The van der Waals surface area contributed by atoms with Crippen molar-refractivity contribution in [1.82, 2.24) is 5.32 Å². The summed E-state index contributed by atoms with van der Waals surface area (Å²) in [6.07, 6.45) is 0. The molecule has 0 spiro atoms. The molecule has 1 N–H and O–H groups in total. The number of hydrogen-bond donors (Lipinski definition) is 1. The highest BCUT2D eigenvalue weighted by molar-refractivity contribution is 9.10. The topological polar surface area (TPSA) is 12.0 Å². The highest BCUT2D eigenvalue weighted by Crippen LogP contribution is 2.26.